The van der Waals surface area contributed by atoms with Crippen LogP contribution in [0.3, 0.4) is 0 Å². The van der Waals surface area contributed by atoms with E-state index in [1.165, 1.54) is 0 Å². The second kappa shape index (κ2) is 4.25. The van der Waals surface area contributed by atoms with E-state index in [0.717, 1.165) is 0 Å². The van der Waals surface area contributed by atoms with Gasteiger partial charge in [0.2, 0.25) is 0 Å². The van der Waals surface area contributed by atoms with Crippen molar-refractivity contribution in [1.82, 2.24) is 0 Å². The average Bonchev–Trinajstić information content (AvgIpc) is 2.27. The third kappa shape index (κ3) is 2.72. The molecule has 0 bridgehead atoms. The van der Waals surface area contributed by atoms with E-state index in [1.807, 2.05) is 0 Å². The quantitative estimate of drug-likeness (QED) is 0.638. The van der Waals surface area contributed by atoms with E-state index in [2.05, 4.69) is 0 Å². The number of carboxylic acid groups (broad SMARTS) is 2. The van der Waals surface area contributed by atoms with E-state index in [0.29, 0.717) is 32.1 Å². The van der Waals surface area contributed by atoms with Crippen LogP contribution in [-0.2, 0) is 9.59 Å². The lowest BCUT2D eigenvalue weighted by Gasteiger charge is -2.07. The van der Waals surface area contributed by atoms with Gasteiger partial charge in [0, 0.05) is 0 Å². The molecule has 0 aromatic carbocycles. The number of hydrogen-bond donors (Lipinski definition) is 2. The van der Waals surface area contributed by atoms with Gasteiger partial charge in [-0.25, -0.2) is 0 Å². The first-order valence-corrected chi connectivity index (χ1v) is 4.57. The van der Waals surface area contributed by atoms with Gasteiger partial charge in [-0.05, 0) is 25.7 Å². The molecule has 1 aliphatic rings. The molecule has 2 atom stereocenters. The Kier molecular flexibility index (Phi) is 3.28. The molecule has 0 aromatic rings. The van der Waals surface area contributed by atoms with E-state index in [9.17, 15) is 9.59 Å². The van der Waals surface area contributed by atoms with Crippen molar-refractivity contribution in [1.29, 1.82) is 0 Å². The number of carbonyl (C=O) groups is 2. The van der Waals surface area contributed by atoms with Crippen LogP contribution in [0.1, 0.15) is 32.1 Å². The Morgan fingerprint density at radius 1 is 0.846 bits per heavy atom. The Hall–Kier alpha value is -1.06. The van der Waals surface area contributed by atoms with Crippen molar-refractivity contribution in [3.8, 4) is 0 Å². The molecule has 0 spiro atoms. The summed E-state index contributed by atoms with van der Waals surface area (Å²) in [6.07, 6.45) is 2.98. The highest BCUT2D eigenvalue weighted by Crippen LogP contribution is 2.27. The normalized spacial score (nSPS) is 29.2. The van der Waals surface area contributed by atoms with Gasteiger partial charge < -0.3 is 10.2 Å². The zero-order valence-electron chi connectivity index (χ0n) is 7.40. The summed E-state index contributed by atoms with van der Waals surface area (Å²) in [6.45, 7) is 0. The van der Waals surface area contributed by atoms with E-state index in [1.54, 1.807) is 0 Å². The minimum atomic E-state index is -0.786. The topological polar surface area (TPSA) is 74.6 Å². The third-order valence-corrected chi connectivity index (χ3v) is 2.67. The Morgan fingerprint density at radius 3 is 1.54 bits per heavy atom. The molecular weight excluding hydrogens is 172 g/mol. The van der Waals surface area contributed by atoms with Crippen molar-refractivity contribution < 1.29 is 19.8 Å². The molecule has 1 saturated carbocycles. The fourth-order valence-corrected chi connectivity index (χ4v) is 1.80. The molecule has 0 aromatic heterocycles. The third-order valence-electron chi connectivity index (χ3n) is 2.67. The van der Waals surface area contributed by atoms with Gasteiger partial charge in [0.1, 0.15) is 0 Å². The molecule has 0 radical (unpaired) electrons. The Morgan fingerprint density at radius 2 is 1.23 bits per heavy atom. The first-order valence-electron chi connectivity index (χ1n) is 4.57. The predicted molar refractivity (Wildman–Crippen MR) is 45.3 cm³/mol. The lowest BCUT2D eigenvalue weighted by molar-refractivity contribution is -0.144. The minimum Gasteiger partial charge on any atom is -0.481 e. The standard InChI is InChI=1S/C9H14O4/c10-8(11)6-2-1-3-7(5-4-6)9(12)13/h6-7H,1-5H2,(H,10,11)(H,12,13). The van der Waals surface area contributed by atoms with Crippen molar-refractivity contribution in [3.63, 3.8) is 0 Å². The molecule has 13 heavy (non-hydrogen) atoms. The van der Waals surface area contributed by atoms with Gasteiger partial charge in [0.05, 0.1) is 11.8 Å². The molecule has 2 N–H and O–H groups in total. The van der Waals surface area contributed by atoms with Gasteiger partial charge in [-0.3, -0.25) is 9.59 Å². The highest BCUT2D eigenvalue weighted by atomic mass is 16.4. The second-order valence-corrected chi connectivity index (χ2v) is 3.58. The Bertz CT molecular complexity index is 190. The summed E-state index contributed by atoms with van der Waals surface area (Å²) in [5.74, 6) is -2.23. The van der Waals surface area contributed by atoms with Crippen molar-refractivity contribution in [2.24, 2.45) is 11.8 Å². The second-order valence-electron chi connectivity index (χ2n) is 3.58. The number of aliphatic carboxylic acids is 2. The van der Waals surface area contributed by atoms with E-state index in [-0.39, 0.29) is 11.8 Å². The van der Waals surface area contributed by atoms with Crippen LogP contribution in [-0.4, -0.2) is 22.2 Å². The fraction of sp³-hybridized carbons (Fsp3) is 0.778. The van der Waals surface area contributed by atoms with E-state index >= 15 is 0 Å². The van der Waals surface area contributed by atoms with E-state index < -0.39 is 11.9 Å². The highest BCUT2D eigenvalue weighted by Gasteiger charge is 2.26. The molecule has 0 amide bonds. The summed E-state index contributed by atoms with van der Waals surface area (Å²) >= 11 is 0. The summed E-state index contributed by atoms with van der Waals surface area (Å²) in [5, 5.41) is 17.5. The van der Waals surface area contributed by atoms with Crippen LogP contribution in [0.2, 0.25) is 0 Å². The summed E-state index contributed by atoms with van der Waals surface area (Å²) in [6, 6.07) is 0. The van der Waals surface area contributed by atoms with Crippen molar-refractivity contribution in [2.75, 3.05) is 0 Å². The van der Waals surface area contributed by atoms with Gasteiger partial charge >= 0.3 is 11.9 Å². The van der Waals surface area contributed by atoms with Gasteiger partial charge in [-0.1, -0.05) is 6.42 Å². The zero-order chi connectivity index (χ0) is 9.84. The zero-order valence-corrected chi connectivity index (χ0v) is 7.40. The first kappa shape index (κ1) is 10.0. The molecule has 1 rings (SSSR count). The Labute approximate surface area is 76.6 Å². The van der Waals surface area contributed by atoms with Gasteiger partial charge in [0.15, 0.2) is 0 Å². The predicted octanol–water partition coefficient (Wildman–Crippen LogP) is 1.35. The highest BCUT2D eigenvalue weighted by molar-refractivity contribution is 5.71. The maximum Gasteiger partial charge on any atom is 0.306 e. The SMILES string of the molecule is O=C(O)C1CCCC(C(=O)O)CC1. The van der Waals surface area contributed by atoms with Crippen LogP contribution in [0.5, 0.6) is 0 Å². The van der Waals surface area contributed by atoms with Crippen molar-refractivity contribution in [3.05, 3.63) is 0 Å². The molecule has 0 heterocycles. The summed E-state index contributed by atoms with van der Waals surface area (Å²) in [5.41, 5.74) is 0. The molecule has 0 saturated heterocycles. The molecule has 4 nitrogen and oxygen atoms in total. The molecule has 4 heteroatoms. The summed E-state index contributed by atoms with van der Waals surface area (Å²) in [7, 11) is 0. The Balaban J connectivity index is 2.48. The fourth-order valence-electron chi connectivity index (χ4n) is 1.80. The van der Waals surface area contributed by atoms with Gasteiger partial charge in [-0.2, -0.15) is 0 Å². The summed E-state index contributed by atoms with van der Waals surface area (Å²) in [4.78, 5) is 21.3. The molecule has 2 unspecified atom stereocenters. The van der Waals surface area contributed by atoms with Crippen LogP contribution in [0, 0.1) is 11.8 Å². The summed E-state index contributed by atoms with van der Waals surface area (Å²) < 4.78 is 0. The molecular formula is C9H14O4. The van der Waals surface area contributed by atoms with Gasteiger partial charge in [-0.15, -0.1) is 0 Å². The molecule has 1 fully saturated rings. The van der Waals surface area contributed by atoms with Crippen LogP contribution in [0.15, 0.2) is 0 Å². The molecule has 74 valence electrons. The minimum absolute atomic E-state index is 0.329. The maximum atomic E-state index is 10.6. The average molecular weight is 186 g/mol. The first-order chi connectivity index (χ1) is 6.11. The lowest BCUT2D eigenvalue weighted by Crippen LogP contribution is -2.14. The number of rotatable bonds is 2. The van der Waals surface area contributed by atoms with Gasteiger partial charge in [0.25, 0.3) is 0 Å². The number of hydrogen-bond acceptors (Lipinski definition) is 2. The molecule has 0 aliphatic heterocycles. The largest absolute Gasteiger partial charge is 0.481 e. The monoisotopic (exact) mass is 186 g/mol. The van der Waals surface area contributed by atoms with Crippen LogP contribution >= 0.6 is 0 Å². The number of carboxylic acids is 2. The van der Waals surface area contributed by atoms with Crippen LogP contribution in [0.4, 0.5) is 0 Å². The van der Waals surface area contributed by atoms with Crippen molar-refractivity contribution in [2.45, 2.75) is 32.1 Å². The van der Waals surface area contributed by atoms with Crippen LogP contribution < -0.4 is 0 Å². The maximum absolute atomic E-state index is 10.6. The van der Waals surface area contributed by atoms with E-state index in [4.69, 9.17) is 10.2 Å². The lowest BCUT2D eigenvalue weighted by atomic mass is 9.98. The van der Waals surface area contributed by atoms with Crippen molar-refractivity contribution >= 4 is 11.9 Å². The smallest absolute Gasteiger partial charge is 0.306 e. The van der Waals surface area contributed by atoms with Crippen LogP contribution in [0.25, 0.3) is 0 Å². The molecule has 1 aliphatic carbocycles.